The Morgan fingerprint density at radius 1 is 1.39 bits per heavy atom. The second-order valence-corrected chi connectivity index (χ2v) is 6.80. The molecule has 2 atom stereocenters. The van der Waals surface area contributed by atoms with E-state index < -0.39 is 9.84 Å². The van der Waals surface area contributed by atoms with Crippen molar-refractivity contribution >= 4 is 9.84 Å². The molecule has 1 aromatic rings. The summed E-state index contributed by atoms with van der Waals surface area (Å²) < 4.78 is 22.9. The molecule has 0 aromatic heterocycles. The molecule has 0 amide bonds. The quantitative estimate of drug-likeness (QED) is 0.803. The fourth-order valence-corrected chi connectivity index (χ4v) is 2.62. The van der Waals surface area contributed by atoms with Gasteiger partial charge in [-0.1, -0.05) is 19.1 Å². The summed E-state index contributed by atoms with van der Waals surface area (Å²) in [7, 11) is -3.17. The molecule has 0 bridgehead atoms. The zero-order valence-corrected chi connectivity index (χ0v) is 11.7. The van der Waals surface area contributed by atoms with Crippen LogP contribution in [0, 0.1) is 11.8 Å². The molecule has 0 aliphatic heterocycles. The van der Waals surface area contributed by atoms with Gasteiger partial charge in [0.25, 0.3) is 0 Å². The summed E-state index contributed by atoms with van der Waals surface area (Å²) in [6.45, 7) is 2.51. The van der Waals surface area contributed by atoms with Crippen molar-refractivity contribution in [1.82, 2.24) is 0 Å². The van der Waals surface area contributed by atoms with Gasteiger partial charge in [-0.05, 0) is 42.5 Å². The van der Waals surface area contributed by atoms with Crippen LogP contribution in [-0.4, -0.2) is 32.9 Å². The lowest BCUT2D eigenvalue weighted by atomic mass is 9.89. The number of benzene rings is 1. The highest BCUT2D eigenvalue weighted by Crippen LogP contribution is 2.19. The highest BCUT2D eigenvalue weighted by atomic mass is 32.2. The number of hydrogen-bond acceptors (Lipinski definition) is 4. The van der Waals surface area contributed by atoms with E-state index in [1.807, 2.05) is 13.0 Å². The summed E-state index contributed by atoms with van der Waals surface area (Å²) in [6.07, 6.45) is 1.91. The molecule has 0 radical (unpaired) electrons. The second-order valence-electron chi connectivity index (χ2n) is 4.78. The Kier molecular flexibility index (Phi) is 5.31. The lowest BCUT2D eigenvalue weighted by Crippen LogP contribution is -2.26. The number of sulfone groups is 1. The number of nitrogens with two attached hydrogens (primary N) is 1. The first-order chi connectivity index (χ1) is 8.38. The van der Waals surface area contributed by atoms with Gasteiger partial charge < -0.3 is 10.8 Å². The molecule has 102 valence electrons. The van der Waals surface area contributed by atoms with E-state index in [9.17, 15) is 13.5 Å². The fourth-order valence-electron chi connectivity index (χ4n) is 1.93. The normalized spacial score (nSPS) is 15.3. The van der Waals surface area contributed by atoms with Gasteiger partial charge in [-0.2, -0.15) is 0 Å². The van der Waals surface area contributed by atoms with Crippen LogP contribution in [0.5, 0.6) is 0 Å². The molecule has 4 nitrogen and oxygen atoms in total. The van der Waals surface area contributed by atoms with Crippen LogP contribution < -0.4 is 5.73 Å². The fraction of sp³-hybridized carbons (Fsp3) is 0.538. The smallest absolute Gasteiger partial charge is 0.175 e. The van der Waals surface area contributed by atoms with Crippen molar-refractivity contribution in [3.05, 3.63) is 29.8 Å². The van der Waals surface area contributed by atoms with Crippen molar-refractivity contribution in [1.29, 1.82) is 0 Å². The van der Waals surface area contributed by atoms with Crippen LogP contribution in [0.4, 0.5) is 0 Å². The Morgan fingerprint density at radius 3 is 2.56 bits per heavy atom. The molecular formula is C13H21NO3S. The molecule has 0 spiro atoms. The Morgan fingerprint density at radius 2 is 2.06 bits per heavy atom. The third kappa shape index (κ3) is 4.08. The van der Waals surface area contributed by atoms with E-state index in [1.165, 1.54) is 6.26 Å². The van der Waals surface area contributed by atoms with Gasteiger partial charge in [-0.15, -0.1) is 0 Å². The number of hydrogen-bond donors (Lipinski definition) is 2. The van der Waals surface area contributed by atoms with E-state index >= 15 is 0 Å². The van der Waals surface area contributed by atoms with Gasteiger partial charge in [0.05, 0.1) is 4.90 Å². The Balaban J connectivity index is 2.86. The lowest BCUT2D eigenvalue weighted by Gasteiger charge is -2.20. The molecule has 0 saturated heterocycles. The predicted molar refractivity (Wildman–Crippen MR) is 72.1 cm³/mol. The third-order valence-electron chi connectivity index (χ3n) is 3.23. The van der Waals surface area contributed by atoms with E-state index in [-0.39, 0.29) is 18.4 Å². The van der Waals surface area contributed by atoms with Crippen LogP contribution in [-0.2, 0) is 16.3 Å². The third-order valence-corrected chi connectivity index (χ3v) is 4.34. The maximum Gasteiger partial charge on any atom is 0.175 e. The molecule has 0 saturated carbocycles. The molecule has 0 fully saturated rings. The van der Waals surface area contributed by atoms with E-state index in [0.29, 0.717) is 17.9 Å². The minimum atomic E-state index is -3.17. The molecule has 3 N–H and O–H groups in total. The first kappa shape index (κ1) is 15.1. The summed E-state index contributed by atoms with van der Waals surface area (Å²) in [6, 6.07) is 6.93. The summed E-state index contributed by atoms with van der Waals surface area (Å²) in [5, 5.41) is 9.18. The van der Waals surface area contributed by atoms with Crippen molar-refractivity contribution < 1.29 is 13.5 Å². The molecule has 5 heteroatoms. The van der Waals surface area contributed by atoms with Crippen molar-refractivity contribution in [3.63, 3.8) is 0 Å². The average Bonchev–Trinajstić information content (AvgIpc) is 2.29. The maximum atomic E-state index is 11.5. The Labute approximate surface area is 109 Å². The lowest BCUT2D eigenvalue weighted by molar-refractivity contribution is 0.187. The zero-order valence-electron chi connectivity index (χ0n) is 10.8. The summed E-state index contributed by atoms with van der Waals surface area (Å²) in [4.78, 5) is 0.334. The zero-order chi connectivity index (χ0) is 13.8. The number of rotatable bonds is 6. The van der Waals surface area contributed by atoms with Crippen molar-refractivity contribution in [2.24, 2.45) is 17.6 Å². The second kappa shape index (κ2) is 6.31. The number of aliphatic hydroxyl groups excluding tert-OH is 1. The highest BCUT2D eigenvalue weighted by molar-refractivity contribution is 7.90. The topological polar surface area (TPSA) is 80.4 Å². The van der Waals surface area contributed by atoms with Crippen molar-refractivity contribution in [2.75, 3.05) is 19.4 Å². The standard InChI is InChI=1S/C13H21NO3S/c1-10(12(8-14)9-15)6-11-4-3-5-13(7-11)18(2,16)17/h3-5,7,10,12,15H,6,8-9,14H2,1-2H3. The molecule has 0 heterocycles. The SMILES string of the molecule is CC(Cc1cccc(S(C)(=O)=O)c1)C(CN)CO. The molecule has 0 aliphatic rings. The summed E-state index contributed by atoms with van der Waals surface area (Å²) in [5.41, 5.74) is 6.54. The minimum absolute atomic E-state index is 0.0480. The van der Waals surface area contributed by atoms with Gasteiger partial charge in [0.2, 0.25) is 0 Å². The van der Waals surface area contributed by atoms with Crippen LogP contribution >= 0.6 is 0 Å². The first-order valence-corrected chi connectivity index (χ1v) is 7.87. The van der Waals surface area contributed by atoms with Gasteiger partial charge in [-0.25, -0.2) is 8.42 Å². The van der Waals surface area contributed by atoms with Crippen molar-refractivity contribution in [3.8, 4) is 0 Å². The Hall–Kier alpha value is -0.910. The summed E-state index contributed by atoms with van der Waals surface area (Å²) in [5.74, 6) is 0.265. The van der Waals surface area contributed by atoms with Crippen LogP contribution in [0.2, 0.25) is 0 Å². The van der Waals surface area contributed by atoms with Crippen molar-refractivity contribution in [2.45, 2.75) is 18.2 Å². The van der Waals surface area contributed by atoms with E-state index in [2.05, 4.69) is 0 Å². The van der Waals surface area contributed by atoms with Gasteiger partial charge in [0.15, 0.2) is 9.84 Å². The predicted octanol–water partition coefficient (Wildman–Crippen LogP) is 0.836. The van der Waals surface area contributed by atoms with Crippen LogP contribution in [0.15, 0.2) is 29.2 Å². The van der Waals surface area contributed by atoms with Gasteiger partial charge in [0.1, 0.15) is 0 Å². The van der Waals surface area contributed by atoms with E-state index in [0.717, 1.165) is 5.56 Å². The largest absolute Gasteiger partial charge is 0.396 e. The minimum Gasteiger partial charge on any atom is -0.396 e. The van der Waals surface area contributed by atoms with E-state index in [1.54, 1.807) is 18.2 Å². The van der Waals surface area contributed by atoms with Crippen LogP contribution in [0.3, 0.4) is 0 Å². The highest BCUT2D eigenvalue weighted by Gasteiger charge is 2.16. The van der Waals surface area contributed by atoms with E-state index in [4.69, 9.17) is 5.73 Å². The molecule has 1 aromatic carbocycles. The molecule has 18 heavy (non-hydrogen) atoms. The van der Waals surface area contributed by atoms with Crippen LogP contribution in [0.1, 0.15) is 12.5 Å². The first-order valence-electron chi connectivity index (χ1n) is 5.98. The summed E-state index contributed by atoms with van der Waals surface area (Å²) >= 11 is 0. The average molecular weight is 271 g/mol. The van der Waals surface area contributed by atoms with Crippen LogP contribution in [0.25, 0.3) is 0 Å². The molecule has 1 rings (SSSR count). The van der Waals surface area contributed by atoms with Gasteiger partial charge >= 0.3 is 0 Å². The molecule has 0 aliphatic carbocycles. The maximum absolute atomic E-state index is 11.5. The van der Waals surface area contributed by atoms with Gasteiger partial charge in [-0.3, -0.25) is 0 Å². The molecular weight excluding hydrogens is 250 g/mol. The Bertz CT molecular complexity index is 481. The van der Waals surface area contributed by atoms with Gasteiger partial charge in [0, 0.05) is 12.9 Å². The number of aliphatic hydroxyl groups is 1. The molecule has 2 unspecified atom stereocenters. The monoisotopic (exact) mass is 271 g/mol.